The van der Waals surface area contributed by atoms with E-state index in [1.165, 1.54) is 65.7 Å². The van der Waals surface area contributed by atoms with Gasteiger partial charge < -0.3 is 4.42 Å². The van der Waals surface area contributed by atoms with Crippen molar-refractivity contribution in [1.29, 1.82) is 0 Å². The summed E-state index contributed by atoms with van der Waals surface area (Å²) in [6.07, 6.45) is 0. The van der Waals surface area contributed by atoms with Crippen LogP contribution in [0.15, 0.2) is 223 Å². The highest BCUT2D eigenvalue weighted by atomic mass is 16.3. The Hall–Kier alpha value is -7.48. The van der Waals surface area contributed by atoms with Gasteiger partial charge >= 0.3 is 0 Å². The van der Waals surface area contributed by atoms with Gasteiger partial charge in [0.25, 0.3) is 0 Å². The number of hydrogen-bond donors (Lipinski definition) is 0. The van der Waals surface area contributed by atoms with Crippen LogP contribution in [0.5, 0.6) is 0 Å². The maximum absolute atomic E-state index is 6.69. The summed E-state index contributed by atoms with van der Waals surface area (Å²) in [5.41, 5.74) is 13.9. The third-order valence-electron chi connectivity index (χ3n) is 11.4. The molecule has 11 aromatic rings. The lowest BCUT2D eigenvalue weighted by molar-refractivity contribution is 0.632. The molecule has 0 amide bonds. The van der Waals surface area contributed by atoms with Crippen LogP contribution in [0.2, 0.25) is 0 Å². The molecule has 0 aliphatic heterocycles. The summed E-state index contributed by atoms with van der Waals surface area (Å²) in [7, 11) is 0. The molecule has 0 radical (unpaired) electrons. The molecule has 1 heteroatoms. The predicted octanol–water partition coefficient (Wildman–Crippen LogP) is 15.9. The first kappa shape index (κ1) is 32.9. The lowest BCUT2D eigenvalue weighted by Gasteiger charge is -2.18. The quantitative estimate of drug-likeness (QED) is 0.156. The van der Waals surface area contributed by atoms with E-state index in [9.17, 15) is 0 Å². The minimum Gasteiger partial charge on any atom is -0.455 e. The Morgan fingerprint density at radius 1 is 0.228 bits per heavy atom. The second kappa shape index (κ2) is 13.7. The van der Waals surface area contributed by atoms with E-state index in [0.717, 1.165) is 44.5 Å². The molecule has 0 spiro atoms. The van der Waals surface area contributed by atoms with E-state index in [-0.39, 0.29) is 0 Å². The van der Waals surface area contributed by atoms with Crippen molar-refractivity contribution in [2.45, 2.75) is 0 Å². The topological polar surface area (TPSA) is 13.1 Å². The molecule has 0 aliphatic rings. The Kier molecular flexibility index (Phi) is 7.89. The molecular formula is C56H36O. The van der Waals surface area contributed by atoms with Crippen molar-refractivity contribution in [2.24, 2.45) is 0 Å². The van der Waals surface area contributed by atoms with Gasteiger partial charge in [0.1, 0.15) is 11.3 Å². The molecule has 1 heterocycles. The summed E-state index contributed by atoms with van der Waals surface area (Å²) in [5.74, 6) is 0.897. The Morgan fingerprint density at radius 2 is 0.649 bits per heavy atom. The van der Waals surface area contributed by atoms with Crippen molar-refractivity contribution in [2.75, 3.05) is 0 Å². The monoisotopic (exact) mass is 724 g/mol. The fraction of sp³-hybridized carbons (Fsp3) is 0. The number of hydrogen-bond acceptors (Lipinski definition) is 1. The summed E-state index contributed by atoms with van der Waals surface area (Å²) in [4.78, 5) is 0. The minimum absolute atomic E-state index is 0.884. The summed E-state index contributed by atoms with van der Waals surface area (Å²) < 4.78 is 6.69. The first-order chi connectivity index (χ1) is 28.3. The highest BCUT2D eigenvalue weighted by molar-refractivity contribution is 6.22. The van der Waals surface area contributed by atoms with Gasteiger partial charge in [0.2, 0.25) is 0 Å². The van der Waals surface area contributed by atoms with Gasteiger partial charge in [-0.25, -0.2) is 0 Å². The Labute approximate surface area is 331 Å². The van der Waals surface area contributed by atoms with Crippen LogP contribution in [0.4, 0.5) is 0 Å². The molecule has 0 saturated heterocycles. The van der Waals surface area contributed by atoms with E-state index in [1.54, 1.807) is 0 Å². The largest absolute Gasteiger partial charge is 0.455 e. The van der Waals surface area contributed by atoms with Gasteiger partial charge in [-0.15, -0.1) is 0 Å². The van der Waals surface area contributed by atoms with Crippen LogP contribution >= 0.6 is 0 Å². The molecule has 0 unspecified atom stereocenters. The summed E-state index contributed by atoms with van der Waals surface area (Å²) >= 11 is 0. The van der Waals surface area contributed by atoms with Gasteiger partial charge in [-0.1, -0.05) is 188 Å². The Morgan fingerprint density at radius 3 is 1.26 bits per heavy atom. The predicted molar refractivity (Wildman–Crippen MR) is 241 cm³/mol. The summed E-state index contributed by atoms with van der Waals surface area (Å²) in [5, 5.41) is 8.54. The van der Waals surface area contributed by atoms with Crippen molar-refractivity contribution in [3.63, 3.8) is 0 Å². The second-order valence-electron chi connectivity index (χ2n) is 14.8. The van der Waals surface area contributed by atoms with Gasteiger partial charge in [-0.2, -0.15) is 0 Å². The molecule has 1 nitrogen and oxygen atoms in total. The molecule has 10 aromatic carbocycles. The van der Waals surface area contributed by atoms with Crippen LogP contribution in [-0.4, -0.2) is 0 Å². The van der Waals surface area contributed by atoms with Crippen molar-refractivity contribution in [1.82, 2.24) is 0 Å². The lowest BCUT2D eigenvalue weighted by atomic mass is 9.85. The summed E-state index contributed by atoms with van der Waals surface area (Å²) in [6, 6.07) is 78.8. The van der Waals surface area contributed by atoms with Gasteiger partial charge in [0.05, 0.1) is 0 Å². The maximum Gasteiger partial charge on any atom is 0.143 e. The molecule has 57 heavy (non-hydrogen) atoms. The third kappa shape index (κ3) is 5.72. The smallest absolute Gasteiger partial charge is 0.143 e. The fourth-order valence-corrected chi connectivity index (χ4v) is 8.78. The lowest BCUT2D eigenvalue weighted by Crippen LogP contribution is -1.91. The highest BCUT2D eigenvalue weighted by Crippen LogP contribution is 2.46. The Balaban J connectivity index is 1.02. The van der Waals surface area contributed by atoms with E-state index in [2.05, 4.69) is 212 Å². The fourth-order valence-electron chi connectivity index (χ4n) is 8.78. The van der Waals surface area contributed by atoms with Crippen LogP contribution in [0, 0.1) is 0 Å². The van der Waals surface area contributed by atoms with Gasteiger partial charge in [0, 0.05) is 16.5 Å². The minimum atomic E-state index is 0.884. The zero-order valence-corrected chi connectivity index (χ0v) is 31.2. The van der Waals surface area contributed by atoms with Crippen molar-refractivity contribution in [3.05, 3.63) is 218 Å². The molecule has 0 bridgehead atoms. The molecular weight excluding hydrogens is 689 g/mol. The zero-order valence-electron chi connectivity index (χ0n) is 31.2. The van der Waals surface area contributed by atoms with E-state index in [1.807, 2.05) is 6.07 Å². The number of rotatable bonds is 6. The molecule has 1 aromatic heterocycles. The maximum atomic E-state index is 6.69. The highest BCUT2D eigenvalue weighted by Gasteiger charge is 2.20. The van der Waals surface area contributed by atoms with Gasteiger partial charge in [-0.3, -0.25) is 0 Å². The van der Waals surface area contributed by atoms with Crippen molar-refractivity contribution >= 4 is 43.3 Å². The number of furan rings is 1. The first-order valence-corrected chi connectivity index (χ1v) is 19.6. The summed E-state index contributed by atoms with van der Waals surface area (Å²) in [6.45, 7) is 0. The SMILES string of the molecule is c1ccc(-c2cccc(-c3c4ccccc4c(-c4ccc5cc(-c6ccc7c(-c8ccccc8)c(-c8ccccc8)oc7c6)ccc5c4)c4ccccc34)c2)cc1. The second-order valence-corrected chi connectivity index (χ2v) is 14.8. The van der Waals surface area contributed by atoms with Crippen molar-refractivity contribution < 1.29 is 4.42 Å². The van der Waals surface area contributed by atoms with Gasteiger partial charge in [-0.05, 0) is 113 Å². The Bertz CT molecular complexity index is 3210. The van der Waals surface area contributed by atoms with Crippen LogP contribution in [0.3, 0.4) is 0 Å². The molecule has 0 atom stereocenters. The standard InChI is InChI=1S/C56H36O/c1-4-15-37(16-5-1)40-21-14-22-45(34-40)53-47-23-10-12-25-49(47)54(50-26-13-11-24-48(50)53)46-30-29-41-33-42(27-28-43(41)35-46)44-31-32-51-52(36-44)57-56(39-19-8-3-9-20-39)55(51)38-17-6-2-7-18-38/h1-36H. The van der Waals surface area contributed by atoms with E-state index in [0.29, 0.717) is 0 Å². The molecule has 266 valence electrons. The van der Waals surface area contributed by atoms with E-state index >= 15 is 0 Å². The molecule has 0 saturated carbocycles. The molecule has 0 N–H and O–H groups in total. The van der Waals surface area contributed by atoms with Crippen LogP contribution in [-0.2, 0) is 0 Å². The number of benzene rings is 10. The average molecular weight is 725 g/mol. The number of fused-ring (bicyclic) bond motifs is 4. The van der Waals surface area contributed by atoms with Crippen LogP contribution in [0.1, 0.15) is 0 Å². The van der Waals surface area contributed by atoms with Crippen LogP contribution < -0.4 is 0 Å². The van der Waals surface area contributed by atoms with Crippen molar-refractivity contribution in [3.8, 4) is 67.0 Å². The van der Waals surface area contributed by atoms with E-state index < -0.39 is 0 Å². The first-order valence-electron chi connectivity index (χ1n) is 19.6. The zero-order chi connectivity index (χ0) is 37.7. The molecule has 0 aliphatic carbocycles. The average Bonchev–Trinajstić information content (AvgIpc) is 3.68. The van der Waals surface area contributed by atoms with Gasteiger partial charge in [0.15, 0.2) is 0 Å². The van der Waals surface area contributed by atoms with Crippen LogP contribution in [0.25, 0.3) is 110 Å². The molecule has 0 fully saturated rings. The molecule has 11 rings (SSSR count). The van der Waals surface area contributed by atoms with E-state index in [4.69, 9.17) is 4.42 Å². The normalized spacial score (nSPS) is 11.5. The third-order valence-corrected chi connectivity index (χ3v) is 11.4.